The van der Waals surface area contributed by atoms with Crippen LogP contribution in [0, 0.1) is 11.3 Å². The summed E-state index contributed by atoms with van der Waals surface area (Å²) in [5, 5.41) is 12.7. The number of hydrogen-bond donors (Lipinski definition) is 1. The van der Waals surface area contributed by atoms with Gasteiger partial charge in [-0.25, -0.2) is 4.79 Å². The van der Waals surface area contributed by atoms with E-state index in [1.165, 1.54) is 14.1 Å². The van der Waals surface area contributed by atoms with Gasteiger partial charge in [0.2, 0.25) is 5.91 Å². The quantitative estimate of drug-likeness (QED) is 0.858. The number of amides is 1. The Morgan fingerprint density at radius 1 is 1.23 bits per heavy atom. The predicted molar refractivity (Wildman–Crippen MR) is 97.5 cm³/mol. The molecular weight excluding hydrogens is 358 g/mol. The molecular formula is C17H16ClN5O3. The first-order chi connectivity index (χ1) is 12.3. The summed E-state index contributed by atoms with van der Waals surface area (Å²) in [4.78, 5) is 38.6. The number of nitrogens with one attached hydrogen (secondary N) is 1. The van der Waals surface area contributed by atoms with Gasteiger partial charge in [-0.2, -0.15) is 5.26 Å². The summed E-state index contributed by atoms with van der Waals surface area (Å²) in [5.41, 5.74) is -0.808. The Labute approximate surface area is 153 Å². The molecule has 0 spiro atoms. The molecule has 1 aliphatic heterocycles. The van der Waals surface area contributed by atoms with Gasteiger partial charge in [0.05, 0.1) is 0 Å². The Morgan fingerprint density at radius 3 is 2.62 bits per heavy atom. The summed E-state index contributed by atoms with van der Waals surface area (Å²) in [5.74, 6) is -0.170. The maximum absolute atomic E-state index is 12.7. The van der Waals surface area contributed by atoms with Gasteiger partial charge >= 0.3 is 5.69 Å². The molecule has 9 heteroatoms. The van der Waals surface area contributed by atoms with Crippen molar-refractivity contribution in [3.05, 3.63) is 55.7 Å². The van der Waals surface area contributed by atoms with Crippen LogP contribution in [-0.2, 0) is 18.9 Å². The number of anilines is 2. The van der Waals surface area contributed by atoms with E-state index in [9.17, 15) is 19.6 Å². The van der Waals surface area contributed by atoms with Crippen molar-refractivity contribution < 1.29 is 4.79 Å². The van der Waals surface area contributed by atoms with Gasteiger partial charge < -0.3 is 10.2 Å². The maximum Gasteiger partial charge on any atom is 0.332 e. The van der Waals surface area contributed by atoms with Gasteiger partial charge in [0, 0.05) is 31.4 Å². The highest BCUT2D eigenvalue weighted by Crippen LogP contribution is 2.26. The maximum atomic E-state index is 12.7. The number of benzene rings is 1. The van der Waals surface area contributed by atoms with Gasteiger partial charge in [-0.05, 0) is 24.6 Å². The predicted octanol–water partition coefficient (Wildman–Crippen LogP) is 0.826. The van der Waals surface area contributed by atoms with E-state index in [4.69, 9.17) is 11.6 Å². The van der Waals surface area contributed by atoms with Crippen molar-refractivity contribution in [1.29, 1.82) is 5.26 Å². The molecule has 0 saturated carbocycles. The molecule has 134 valence electrons. The lowest BCUT2D eigenvalue weighted by Gasteiger charge is -2.19. The van der Waals surface area contributed by atoms with Gasteiger partial charge in [0.15, 0.2) is 5.56 Å². The summed E-state index contributed by atoms with van der Waals surface area (Å²) >= 11 is 5.98. The number of nitriles is 1. The van der Waals surface area contributed by atoms with Crippen LogP contribution in [0.3, 0.4) is 0 Å². The van der Waals surface area contributed by atoms with E-state index >= 15 is 0 Å². The highest BCUT2D eigenvalue weighted by molar-refractivity contribution is 6.31. The van der Waals surface area contributed by atoms with Crippen LogP contribution in [0.2, 0.25) is 5.02 Å². The zero-order valence-corrected chi connectivity index (χ0v) is 14.9. The number of nitrogens with zero attached hydrogens (tertiary/aromatic N) is 4. The summed E-state index contributed by atoms with van der Waals surface area (Å²) in [6.45, 7) is 0.456. The van der Waals surface area contributed by atoms with Gasteiger partial charge in [-0.15, -0.1) is 0 Å². The van der Waals surface area contributed by atoms with E-state index in [0.29, 0.717) is 23.7 Å². The third-order valence-corrected chi connectivity index (χ3v) is 4.65. The first kappa shape index (κ1) is 17.8. The van der Waals surface area contributed by atoms with Crippen LogP contribution in [0.15, 0.2) is 33.9 Å². The topological polar surface area (TPSA) is 100 Å². The number of rotatable bonds is 3. The van der Waals surface area contributed by atoms with Crippen LogP contribution in [-0.4, -0.2) is 27.6 Å². The number of carbonyl (C=O) groups is 1. The molecule has 8 nitrogen and oxygen atoms in total. The van der Waals surface area contributed by atoms with Crippen molar-refractivity contribution in [2.24, 2.45) is 14.1 Å². The highest BCUT2D eigenvalue weighted by Gasteiger charge is 2.34. The average Bonchev–Trinajstić information content (AvgIpc) is 2.99. The third kappa shape index (κ3) is 2.86. The van der Waals surface area contributed by atoms with Crippen LogP contribution < -0.4 is 21.5 Å². The van der Waals surface area contributed by atoms with E-state index in [2.05, 4.69) is 5.32 Å². The molecule has 2 aromatic rings. The van der Waals surface area contributed by atoms with Crippen LogP contribution in [0.5, 0.6) is 0 Å². The average molecular weight is 374 g/mol. The van der Waals surface area contributed by atoms with Gasteiger partial charge in [-0.3, -0.25) is 18.7 Å². The molecule has 1 atom stereocenters. The van der Waals surface area contributed by atoms with Crippen molar-refractivity contribution in [2.75, 3.05) is 16.8 Å². The number of carbonyl (C=O) groups excluding carboxylic acids is 1. The molecule has 0 aliphatic carbocycles. The summed E-state index contributed by atoms with van der Waals surface area (Å²) in [6.07, 6.45) is 0.458. The van der Waals surface area contributed by atoms with E-state index in [1.807, 2.05) is 6.07 Å². The first-order valence-corrected chi connectivity index (χ1v) is 8.26. The van der Waals surface area contributed by atoms with Crippen molar-refractivity contribution in [2.45, 2.75) is 12.5 Å². The fourth-order valence-electron chi connectivity index (χ4n) is 2.99. The van der Waals surface area contributed by atoms with Crippen LogP contribution in [0.4, 0.5) is 11.5 Å². The van der Waals surface area contributed by atoms with Crippen LogP contribution in [0.25, 0.3) is 0 Å². The lowest BCUT2D eigenvalue weighted by molar-refractivity contribution is -0.117. The second-order valence-corrected chi connectivity index (χ2v) is 6.43. The van der Waals surface area contributed by atoms with E-state index < -0.39 is 17.3 Å². The molecule has 1 saturated heterocycles. The number of halogens is 1. The second kappa shape index (κ2) is 6.69. The van der Waals surface area contributed by atoms with Crippen LogP contribution in [0.1, 0.15) is 12.0 Å². The molecule has 0 bridgehead atoms. The minimum Gasteiger partial charge on any atom is -0.358 e. The lowest BCUT2D eigenvalue weighted by Crippen LogP contribution is -2.42. The Bertz CT molecular complexity index is 1050. The van der Waals surface area contributed by atoms with Gasteiger partial charge in [-0.1, -0.05) is 17.7 Å². The minimum absolute atomic E-state index is 0.0481. The zero-order chi connectivity index (χ0) is 19.0. The van der Waals surface area contributed by atoms with Gasteiger partial charge in [0.1, 0.15) is 17.9 Å². The van der Waals surface area contributed by atoms with E-state index in [0.717, 1.165) is 9.13 Å². The summed E-state index contributed by atoms with van der Waals surface area (Å²) in [7, 11) is 2.75. The molecule has 1 N–H and O–H groups in total. The second-order valence-electron chi connectivity index (χ2n) is 6.00. The summed E-state index contributed by atoms with van der Waals surface area (Å²) in [6, 6.07) is 8.10. The van der Waals surface area contributed by atoms with E-state index in [1.54, 1.807) is 29.2 Å². The molecule has 3 rings (SSSR count). The standard InChI is InChI=1S/C17H16ClN5O3/c1-21-14(12(9-19)15(24)22(2)17(21)26)20-13-6-7-23(16(13)25)11-5-3-4-10(18)8-11/h3-5,8,13,20H,6-7H2,1-2H3. The summed E-state index contributed by atoms with van der Waals surface area (Å²) < 4.78 is 2.02. The molecule has 26 heavy (non-hydrogen) atoms. The van der Waals surface area contributed by atoms with Gasteiger partial charge in [0.25, 0.3) is 5.56 Å². The molecule has 1 aliphatic rings. The Kier molecular flexibility index (Phi) is 4.57. The Morgan fingerprint density at radius 2 is 1.96 bits per heavy atom. The smallest absolute Gasteiger partial charge is 0.332 e. The fourth-order valence-corrected chi connectivity index (χ4v) is 3.18. The number of aromatic nitrogens is 2. The largest absolute Gasteiger partial charge is 0.358 e. The molecule has 1 amide bonds. The first-order valence-electron chi connectivity index (χ1n) is 7.88. The molecule has 1 unspecified atom stereocenters. The normalized spacial score (nSPS) is 16.6. The van der Waals surface area contributed by atoms with E-state index in [-0.39, 0.29) is 17.3 Å². The van der Waals surface area contributed by atoms with Crippen molar-refractivity contribution in [1.82, 2.24) is 9.13 Å². The highest BCUT2D eigenvalue weighted by atomic mass is 35.5. The molecule has 2 heterocycles. The fraction of sp³-hybridized carbons (Fsp3) is 0.294. The third-order valence-electron chi connectivity index (χ3n) is 4.41. The Balaban J connectivity index is 1.94. The molecule has 1 aromatic heterocycles. The number of hydrogen-bond acceptors (Lipinski definition) is 5. The monoisotopic (exact) mass is 373 g/mol. The Hall–Kier alpha value is -3.05. The molecule has 0 radical (unpaired) electrons. The zero-order valence-electron chi connectivity index (χ0n) is 14.2. The van der Waals surface area contributed by atoms with Crippen LogP contribution >= 0.6 is 11.6 Å². The SMILES string of the molecule is Cn1c(NC2CCN(c3cccc(Cl)c3)C2=O)c(C#N)c(=O)n(C)c1=O. The van der Waals surface area contributed by atoms with Crippen molar-refractivity contribution >= 4 is 29.0 Å². The lowest BCUT2D eigenvalue weighted by atomic mass is 10.2. The molecule has 1 aromatic carbocycles. The van der Waals surface area contributed by atoms with Crippen molar-refractivity contribution in [3.63, 3.8) is 0 Å². The van der Waals surface area contributed by atoms with Crippen molar-refractivity contribution in [3.8, 4) is 6.07 Å². The minimum atomic E-state index is -0.699. The molecule has 1 fully saturated rings.